The predicted molar refractivity (Wildman–Crippen MR) is 101 cm³/mol. The fourth-order valence-corrected chi connectivity index (χ4v) is 3.38. The number of piperidine rings is 1. The van der Waals surface area contributed by atoms with Crippen molar-refractivity contribution < 1.29 is 4.79 Å². The molecule has 1 aliphatic heterocycles. The lowest BCUT2D eigenvalue weighted by Gasteiger charge is -2.37. The summed E-state index contributed by atoms with van der Waals surface area (Å²) in [5, 5.41) is 6.43. The zero-order valence-electron chi connectivity index (χ0n) is 14.9. The average molecular weight is 338 g/mol. The second-order valence-electron chi connectivity index (χ2n) is 6.83. The van der Waals surface area contributed by atoms with Crippen LogP contribution in [0.5, 0.6) is 0 Å². The number of amides is 1. The first-order valence-corrected chi connectivity index (χ1v) is 8.86. The van der Waals surface area contributed by atoms with Crippen molar-refractivity contribution in [3.63, 3.8) is 0 Å². The fraction of sp³-hybridized carbons (Fsp3) is 0.400. The largest absolute Gasteiger partial charge is 0.382 e. The number of hydrogen-bond acceptors (Lipinski definition) is 4. The lowest BCUT2D eigenvalue weighted by atomic mass is 9.93. The van der Waals surface area contributed by atoms with Crippen LogP contribution in [-0.2, 0) is 11.3 Å². The van der Waals surface area contributed by atoms with Crippen LogP contribution in [0.25, 0.3) is 0 Å². The number of anilines is 2. The topological polar surface area (TPSA) is 57.3 Å². The molecule has 132 valence electrons. The fourth-order valence-electron chi connectivity index (χ4n) is 3.38. The molecular weight excluding hydrogens is 312 g/mol. The maximum Gasteiger partial charge on any atom is 0.221 e. The highest BCUT2D eigenvalue weighted by Crippen LogP contribution is 2.23. The maximum atomic E-state index is 11.1. The zero-order chi connectivity index (χ0) is 17.6. The maximum absolute atomic E-state index is 11.1. The Labute approximate surface area is 149 Å². The van der Waals surface area contributed by atoms with Crippen molar-refractivity contribution in [1.82, 2.24) is 9.88 Å². The molecule has 0 unspecified atom stereocenters. The zero-order valence-corrected chi connectivity index (χ0v) is 14.9. The lowest BCUT2D eigenvalue weighted by Crippen LogP contribution is -2.44. The van der Waals surface area contributed by atoms with E-state index in [0.29, 0.717) is 12.0 Å². The minimum absolute atomic E-state index is 0.0467. The van der Waals surface area contributed by atoms with Crippen molar-refractivity contribution in [1.29, 1.82) is 0 Å². The van der Waals surface area contributed by atoms with Gasteiger partial charge >= 0.3 is 0 Å². The summed E-state index contributed by atoms with van der Waals surface area (Å²) in [5.74, 6) is 0.516. The third-order valence-corrected chi connectivity index (χ3v) is 4.66. The minimum atomic E-state index is -0.0467. The Morgan fingerprint density at radius 3 is 2.60 bits per heavy atom. The van der Waals surface area contributed by atoms with E-state index in [9.17, 15) is 4.79 Å². The van der Waals surface area contributed by atoms with Crippen LogP contribution < -0.4 is 10.6 Å². The number of rotatable bonds is 5. The summed E-state index contributed by atoms with van der Waals surface area (Å²) in [4.78, 5) is 18.0. The van der Waals surface area contributed by atoms with Crippen LogP contribution in [0.3, 0.4) is 0 Å². The number of nitrogens with zero attached hydrogens (tertiary/aromatic N) is 2. The molecular formula is C20H26N4O. The number of hydrogen-bond donors (Lipinski definition) is 2. The SMILES string of the molecule is CC(=O)Nc1ccc(N[C@@H]2CCN(Cc3ccccn3)C[C@@H]2C)cc1. The van der Waals surface area contributed by atoms with Crippen molar-refractivity contribution in [2.45, 2.75) is 32.9 Å². The standard InChI is InChI=1S/C20H26N4O/c1-15-13-24(14-19-5-3-4-11-21-19)12-10-20(15)23-18-8-6-17(7-9-18)22-16(2)25/h3-9,11,15,20,23H,10,12-14H2,1-2H3,(H,22,25)/t15-,20+/m0/s1. The van der Waals surface area contributed by atoms with E-state index in [1.54, 1.807) is 0 Å². The summed E-state index contributed by atoms with van der Waals surface area (Å²) in [6.45, 7) is 6.88. The van der Waals surface area contributed by atoms with Gasteiger partial charge < -0.3 is 10.6 Å². The predicted octanol–water partition coefficient (Wildman–Crippen LogP) is 3.36. The monoisotopic (exact) mass is 338 g/mol. The molecule has 0 bridgehead atoms. The van der Waals surface area contributed by atoms with E-state index in [4.69, 9.17) is 0 Å². The van der Waals surface area contributed by atoms with Gasteiger partial charge in [0.05, 0.1) is 5.69 Å². The highest BCUT2D eigenvalue weighted by Gasteiger charge is 2.26. The van der Waals surface area contributed by atoms with E-state index in [2.05, 4.69) is 33.5 Å². The van der Waals surface area contributed by atoms with Crippen LogP contribution in [0.2, 0.25) is 0 Å². The van der Waals surface area contributed by atoms with Gasteiger partial charge in [0, 0.05) is 50.2 Å². The number of nitrogens with one attached hydrogen (secondary N) is 2. The van der Waals surface area contributed by atoms with Crippen LogP contribution in [-0.4, -0.2) is 34.9 Å². The minimum Gasteiger partial charge on any atom is -0.382 e. The Hall–Kier alpha value is -2.40. The number of likely N-dealkylation sites (tertiary alicyclic amines) is 1. The summed E-state index contributed by atoms with van der Waals surface area (Å²) in [6.07, 6.45) is 2.97. The molecule has 2 aromatic rings. The molecule has 1 aromatic carbocycles. The molecule has 5 nitrogen and oxygen atoms in total. The van der Waals surface area contributed by atoms with Gasteiger partial charge in [-0.25, -0.2) is 0 Å². The van der Waals surface area contributed by atoms with Gasteiger partial charge in [0.2, 0.25) is 5.91 Å². The molecule has 1 aliphatic rings. The summed E-state index contributed by atoms with van der Waals surface area (Å²) in [6, 6.07) is 14.5. The van der Waals surface area contributed by atoms with E-state index < -0.39 is 0 Å². The number of carbonyl (C=O) groups is 1. The number of aromatic nitrogens is 1. The van der Waals surface area contributed by atoms with Crippen molar-refractivity contribution in [3.05, 3.63) is 54.4 Å². The molecule has 1 amide bonds. The van der Waals surface area contributed by atoms with Crippen molar-refractivity contribution in [3.8, 4) is 0 Å². The van der Waals surface area contributed by atoms with Gasteiger partial charge in [-0.2, -0.15) is 0 Å². The molecule has 1 saturated heterocycles. The smallest absolute Gasteiger partial charge is 0.221 e. The van der Waals surface area contributed by atoms with Gasteiger partial charge in [0.1, 0.15) is 0 Å². The number of carbonyl (C=O) groups excluding carboxylic acids is 1. The molecule has 5 heteroatoms. The Morgan fingerprint density at radius 1 is 1.20 bits per heavy atom. The molecule has 0 aliphatic carbocycles. The first kappa shape index (κ1) is 17.4. The molecule has 0 radical (unpaired) electrons. The van der Waals surface area contributed by atoms with E-state index in [0.717, 1.165) is 43.1 Å². The second-order valence-corrected chi connectivity index (χ2v) is 6.83. The molecule has 2 N–H and O–H groups in total. The number of pyridine rings is 1. The third-order valence-electron chi connectivity index (χ3n) is 4.66. The van der Waals surface area contributed by atoms with E-state index in [1.165, 1.54) is 6.92 Å². The Bertz CT molecular complexity index is 687. The molecule has 1 aromatic heterocycles. The first-order chi connectivity index (χ1) is 12.1. The average Bonchev–Trinajstić information content (AvgIpc) is 2.59. The van der Waals surface area contributed by atoms with Crippen molar-refractivity contribution >= 4 is 17.3 Å². The summed E-state index contributed by atoms with van der Waals surface area (Å²) < 4.78 is 0. The molecule has 1 fully saturated rings. The van der Waals surface area contributed by atoms with Gasteiger partial charge in [0.15, 0.2) is 0 Å². The van der Waals surface area contributed by atoms with E-state index in [1.807, 2.05) is 42.6 Å². The van der Waals surface area contributed by atoms with Gasteiger partial charge in [-0.05, 0) is 48.7 Å². The normalized spacial score (nSPS) is 20.9. The summed E-state index contributed by atoms with van der Waals surface area (Å²) in [5.41, 5.74) is 3.06. The molecule has 0 spiro atoms. The van der Waals surface area contributed by atoms with E-state index >= 15 is 0 Å². The molecule has 0 saturated carbocycles. The molecule has 2 heterocycles. The van der Waals surface area contributed by atoms with Crippen LogP contribution >= 0.6 is 0 Å². The molecule has 2 atom stereocenters. The van der Waals surface area contributed by atoms with Crippen LogP contribution in [0.15, 0.2) is 48.7 Å². The molecule has 25 heavy (non-hydrogen) atoms. The summed E-state index contributed by atoms with van der Waals surface area (Å²) in [7, 11) is 0. The quantitative estimate of drug-likeness (QED) is 0.878. The van der Waals surface area contributed by atoms with Gasteiger partial charge in [-0.1, -0.05) is 13.0 Å². The van der Waals surface area contributed by atoms with Crippen molar-refractivity contribution in [2.75, 3.05) is 23.7 Å². The van der Waals surface area contributed by atoms with Crippen LogP contribution in [0.1, 0.15) is 26.0 Å². The van der Waals surface area contributed by atoms with Gasteiger partial charge in [-0.3, -0.25) is 14.7 Å². The Morgan fingerprint density at radius 2 is 1.96 bits per heavy atom. The van der Waals surface area contributed by atoms with Crippen molar-refractivity contribution in [2.24, 2.45) is 5.92 Å². The van der Waals surface area contributed by atoms with Crippen LogP contribution in [0.4, 0.5) is 11.4 Å². The van der Waals surface area contributed by atoms with Crippen LogP contribution in [0, 0.1) is 5.92 Å². The summed E-state index contributed by atoms with van der Waals surface area (Å²) >= 11 is 0. The number of benzene rings is 1. The van der Waals surface area contributed by atoms with Gasteiger partial charge in [0.25, 0.3) is 0 Å². The lowest BCUT2D eigenvalue weighted by molar-refractivity contribution is -0.114. The Balaban J connectivity index is 1.52. The Kier molecular flexibility index (Phi) is 5.66. The second kappa shape index (κ2) is 8.12. The molecule has 3 rings (SSSR count). The highest BCUT2D eigenvalue weighted by molar-refractivity contribution is 5.88. The highest BCUT2D eigenvalue weighted by atomic mass is 16.1. The van der Waals surface area contributed by atoms with Gasteiger partial charge in [-0.15, -0.1) is 0 Å². The third kappa shape index (κ3) is 5.03. The first-order valence-electron chi connectivity index (χ1n) is 8.86. The van der Waals surface area contributed by atoms with E-state index in [-0.39, 0.29) is 5.91 Å².